The van der Waals surface area contributed by atoms with E-state index in [1.807, 2.05) is 24.3 Å². The van der Waals surface area contributed by atoms with E-state index in [1.165, 1.54) is 0 Å². The van der Waals surface area contributed by atoms with Crippen molar-refractivity contribution in [3.63, 3.8) is 0 Å². The van der Waals surface area contributed by atoms with E-state index < -0.39 is 0 Å². The van der Waals surface area contributed by atoms with Gasteiger partial charge >= 0.3 is 0 Å². The number of pyridine rings is 1. The minimum Gasteiger partial charge on any atom is -0.325 e. The summed E-state index contributed by atoms with van der Waals surface area (Å²) < 4.78 is 0. The second kappa shape index (κ2) is 5.15. The molecule has 0 aliphatic heterocycles. The zero-order valence-corrected chi connectivity index (χ0v) is 10.2. The fourth-order valence-corrected chi connectivity index (χ4v) is 1.69. The summed E-state index contributed by atoms with van der Waals surface area (Å²) in [5, 5.41) is 4.86. The predicted molar refractivity (Wildman–Crippen MR) is 70.3 cm³/mol. The van der Waals surface area contributed by atoms with Crippen molar-refractivity contribution in [1.29, 1.82) is 0 Å². The third kappa shape index (κ3) is 2.56. The van der Waals surface area contributed by atoms with E-state index in [4.69, 9.17) is 11.6 Å². The Labute approximate surface area is 105 Å². The molecular formula is C13H13ClN2O. The molecule has 0 bridgehead atoms. The molecule has 3 nitrogen and oxygen atoms in total. The summed E-state index contributed by atoms with van der Waals surface area (Å²) in [5.74, 6) is 0.0365. The molecule has 0 aliphatic carbocycles. The summed E-state index contributed by atoms with van der Waals surface area (Å²) in [6, 6.07) is 7.67. The van der Waals surface area contributed by atoms with Crippen molar-refractivity contribution >= 4 is 34.0 Å². The summed E-state index contributed by atoms with van der Waals surface area (Å²) in [6.07, 6.45) is 3.48. The van der Waals surface area contributed by atoms with Gasteiger partial charge in [-0.3, -0.25) is 9.78 Å². The summed E-state index contributed by atoms with van der Waals surface area (Å²) in [4.78, 5) is 15.8. The number of alkyl halides is 1. The second-order valence-electron chi connectivity index (χ2n) is 3.95. The molecule has 1 aromatic carbocycles. The molecule has 17 heavy (non-hydrogen) atoms. The van der Waals surface area contributed by atoms with Gasteiger partial charge in [0.05, 0.1) is 5.69 Å². The molecule has 2 aromatic rings. The monoisotopic (exact) mass is 248 g/mol. The molecule has 4 heteroatoms. The number of nitrogens with one attached hydrogen (secondary N) is 1. The average Bonchev–Trinajstić information content (AvgIpc) is 2.38. The molecule has 88 valence electrons. The SMILES string of the molecule is CC(CCl)C(=O)Nc1cccc2ccncc12. The molecule has 0 saturated carbocycles. The fraction of sp³-hybridized carbons (Fsp3) is 0.231. The number of hydrogen-bond donors (Lipinski definition) is 1. The molecule has 1 atom stereocenters. The Bertz CT molecular complexity index is 536. The Morgan fingerprint density at radius 2 is 2.29 bits per heavy atom. The number of amides is 1. The molecule has 2 rings (SSSR count). The van der Waals surface area contributed by atoms with Crippen LogP contribution in [0.25, 0.3) is 10.8 Å². The maximum Gasteiger partial charge on any atom is 0.228 e. The highest BCUT2D eigenvalue weighted by Gasteiger charge is 2.12. The highest BCUT2D eigenvalue weighted by Crippen LogP contribution is 2.22. The van der Waals surface area contributed by atoms with E-state index in [0.29, 0.717) is 5.88 Å². The molecule has 1 aromatic heterocycles. The quantitative estimate of drug-likeness (QED) is 0.849. The van der Waals surface area contributed by atoms with Crippen LogP contribution in [0.5, 0.6) is 0 Å². The topological polar surface area (TPSA) is 42.0 Å². The molecule has 1 heterocycles. The van der Waals surface area contributed by atoms with Crippen LogP contribution in [-0.4, -0.2) is 16.8 Å². The van der Waals surface area contributed by atoms with Crippen molar-refractivity contribution in [2.75, 3.05) is 11.2 Å². The largest absolute Gasteiger partial charge is 0.325 e. The molecule has 0 aliphatic rings. The second-order valence-corrected chi connectivity index (χ2v) is 4.26. The number of benzene rings is 1. The Kier molecular flexibility index (Phi) is 3.59. The van der Waals surface area contributed by atoms with Crippen LogP contribution in [0.4, 0.5) is 5.69 Å². The van der Waals surface area contributed by atoms with Crippen LogP contribution in [0.2, 0.25) is 0 Å². The molecule has 1 N–H and O–H groups in total. The first kappa shape index (κ1) is 11.9. The Balaban J connectivity index is 2.33. The third-order valence-corrected chi connectivity index (χ3v) is 3.08. The predicted octanol–water partition coefficient (Wildman–Crippen LogP) is 3.05. The number of halogens is 1. The summed E-state index contributed by atoms with van der Waals surface area (Å²) in [7, 11) is 0. The van der Waals surface area contributed by atoms with Crippen LogP contribution in [0, 0.1) is 5.92 Å². The molecule has 1 unspecified atom stereocenters. The van der Waals surface area contributed by atoms with Crippen molar-refractivity contribution in [2.45, 2.75) is 6.92 Å². The lowest BCUT2D eigenvalue weighted by Gasteiger charge is -2.11. The minimum absolute atomic E-state index is 0.0728. The van der Waals surface area contributed by atoms with E-state index in [-0.39, 0.29) is 11.8 Å². The van der Waals surface area contributed by atoms with Gasteiger partial charge in [-0.05, 0) is 17.5 Å². The van der Waals surface area contributed by atoms with E-state index in [9.17, 15) is 4.79 Å². The van der Waals surface area contributed by atoms with Crippen LogP contribution in [0.3, 0.4) is 0 Å². The van der Waals surface area contributed by atoms with Gasteiger partial charge in [0.2, 0.25) is 5.91 Å². The van der Waals surface area contributed by atoms with Crippen molar-refractivity contribution < 1.29 is 4.79 Å². The minimum atomic E-state index is -0.205. The van der Waals surface area contributed by atoms with Crippen LogP contribution >= 0.6 is 11.6 Å². The van der Waals surface area contributed by atoms with Gasteiger partial charge in [0, 0.05) is 29.6 Å². The van der Waals surface area contributed by atoms with Crippen LogP contribution in [0.1, 0.15) is 6.92 Å². The Morgan fingerprint density at radius 1 is 1.47 bits per heavy atom. The maximum atomic E-state index is 11.8. The van der Waals surface area contributed by atoms with Crippen LogP contribution < -0.4 is 5.32 Å². The summed E-state index contributed by atoms with van der Waals surface area (Å²) in [6.45, 7) is 1.80. The zero-order chi connectivity index (χ0) is 12.3. The van der Waals surface area contributed by atoms with E-state index in [0.717, 1.165) is 16.5 Å². The first-order valence-electron chi connectivity index (χ1n) is 5.42. The number of fused-ring (bicyclic) bond motifs is 1. The molecule has 0 fully saturated rings. The van der Waals surface area contributed by atoms with E-state index in [2.05, 4.69) is 10.3 Å². The Morgan fingerprint density at radius 3 is 3.06 bits per heavy atom. The lowest BCUT2D eigenvalue weighted by Crippen LogP contribution is -2.21. The lowest BCUT2D eigenvalue weighted by atomic mass is 10.1. The molecule has 1 amide bonds. The smallest absolute Gasteiger partial charge is 0.228 e. The highest BCUT2D eigenvalue weighted by molar-refractivity contribution is 6.19. The number of carbonyl (C=O) groups excluding carboxylic acids is 1. The van der Waals surface area contributed by atoms with Crippen molar-refractivity contribution in [2.24, 2.45) is 5.92 Å². The van der Waals surface area contributed by atoms with Crippen LogP contribution in [0.15, 0.2) is 36.7 Å². The maximum absolute atomic E-state index is 11.8. The standard InChI is InChI=1S/C13H13ClN2O/c1-9(7-14)13(17)16-12-4-2-3-10-5-6-15-8-11(10)12/h2-6,8-9H,7H2,1H3,(H,16,17). The lowest BCUT2D eigenvalue weighted by molar-refractivity contribution is -0.118. The fourth-order valence-electron chi connectivity index (χ4n) is 1.55. The van der Waals surface area contributed by atoms with Crippen molar-refractivity contribution in [1.82, 2.24) is 4.98 Å². The summed E-state index contributed by atoms with van der Waals surface area (Å²) >= 11 is 5.66. The molecule has 0 saturated heterocycles. The molecular weight excluding hydrogens is 236 g/mol. The van der Waals surface area contributed by atoms with Gasteiger partial charge in [0.15, 0.2) is 0 Å². The Hall–Kier alpha value is -1.61. The van der Waals surface area contributed by atoms with Gasteiger partial charge in [-0.1, -0.05) is 19.1 Å². The average molecular weight is 249 g/mol. The number of aromatic nitrogens is 1. The zero-order valence-electron chi connectivity index (χ0n) is 9.48. The number of nitrogens with zero attached hydrogens (tertiary/aromatic N) is 1. The number of rotatable bonds is 3. The number of hydrogen-bond acceptors (Lipinski definition) is 2. The van der Waals surface area contributed by atoms with Gasteiger partial charge < -0.3 is 5.32 Å². The van der Waals surface area contributed by atoms with E-state index in [1.54, 1.807) is 19.3 Å². The van der Waals surface area contributed by atoms with Crippen molar-refractivity contribution in [3.8, 4) is 0 Å². The van der Waals surface area contributed by atoms with Gasteiger partial charge in [0.25, 0.3) is 0 Å². The van der Waals surface area contributed by atoms with Gasteiger partial charge in [-0.2, -0.15) is 0 Å². The third-order valence-electron chi connectivity index (χ3n) is 2.62. The van der Waals surface area contributed by atoms with Crippen LogP contribution in [-0.2, 0) is 4.79 Å². The number of carbonyl (C=O) groups is 1. The number of anilines is 1. The molecule has 0 spiro atoms. The van der Waals surface area contributed by atoms with E-state index >= 15 is 0 Å². The van der Waals surface area contributed by atoms with Crippen molar-refractivity contribution in [3.05, 3.63) is 36.7 Å². The highest BCUT2D eigenvalue weighted by atomic mass is 35.5. The van der Waals surface area contributed by atoms with Gasteiger partial charge in [0.1, 0.15) is 0 Å². The van der Waals surface area contributed by atoms with Gasteiger partial charge in [-0.15, -0.1) is 11.6 Å². The first-order chi connectivity index (χ1) is 8.22. The molecule has 0 radical (unpaired) electrons. The summed E-state index contributed by atoms with van der Waals surface area (Å²) in [5.41, 5.74) is 0.776. The normalized spacial score (nSPS) is 12.4. The van der Waals surface area contributed by atoms with Gasteiger partial charge in [-0.25, -0.2) is 0 Å². The first-order valence-corrected chi connectivity index (χ1v) is 5.95.